The zero-order valence-electron chi connectivity index (χ0n) is 15.4. The number of carbonyl (C=O) groups is 3. The molecule has 0 aliphatic rings. The van der Waals surface area contributed by atoms with E-state index in [-0.39, 0.29) is 17.2 Å². The molecule has 10 heteroatoms. The Labute approximate surface area is 169 Å². The predicted molar refractivity (Wildman–Crippen MR) is 106 cm³/mol. The number of halogens is 1. The van der Waals surface area contributed by atoms with E-state index in [9.17, 15) is 18.8 Å². The van der Waals surface area contributed by atoms with Crippen molar-refractivity contribution in [1.82, 2.24) is 20.4 Å². The van der Waals surface area contributed by atoms with Crippen LogP contribution in [-0.2, 0) is 9.53 Å². The fourth-order valence-corrected chi connectivity index (χ4v) is 3.56. The van der Waals surface area contributed by atoms with Crippen molar-refractivity contribution in [3.63, 3.8) is 0 Å². The molecular weight excluding hydrogens is 399 g/mol. The van der Waals surface area contributed by atoms with Gasteiger partial charge >= 0.3 is 12.0 Å². The van der Waals surface area contributed by atoms with Gasteiger partial charge in [0.05, 0.1) is 11.4 Å². The summed E-state index contributed by atoms with van der Waals surface area (Å²) in [5, 5.41) is 9.57. The number of ether oxygens (including phenoxy) is 1. The van der Waals surface area contributed by atoms with Gasteiger partial charge in [0.25, 0.3) is 5.91 Å². The fourth-order valence-electron chi connectivity index (χ4n) is 2.48. The maximum Gasteiger partial charge on any atom is 0.348 e. The van der Waals surface area contributed by atoms with Crippen LogP contribution in [0.1, 0.15) is 15.4 Å². The first-order valence-corrected chi connectivity index (χ1v) is 9.31. The number of nitrogens with one attached hydrogen (secondary N) is 2. The molecule has 150 valence electrons. The minimum atomic E-state index is -0.755. The fraction of sp³-hybridized carbons (Fsp3) is 0.158. The number of fused-ring (bicyclic) bond motifs is 1. The van der Waals surface area contributed by atoms with Gasteiger partial charge in [0.15, 0.2) is 6.61 Å². The number of amides is 3. The average molecular weight is 416 g/mol. The molecule has 2 aromatic heterocycles. The zero-order chi connectivity index (χ0) is 21.0. The molecule has 8 nitrogen and oxygen atoms in total. The van der Waals surface area contributed by atoms with E-state index in [0.717, 1.165) is 16.7 Å². The van der Waals surface area contributed by atoms with Gasteiger partial charge in [-0.15, -0.1) is 17.9 Å². The number of benzene rings is 1. The second-order valence-corrected chi connectivity index (χ2v) is 6.96. The first kappa shape index (κ1) is 20.2. The van der Waals surface area contributed by atoms with Crippen LogP contribution in [0, 0.1) is 12.7 Å². The SMILES string of the molecule is C=CCNC(=O)NC(=O)COC(=O)c1cc2c(C)nn(-c3ccc(F)cc3)c2s1. The van der Waals surface area contributed by atoms with E-state index in [2.05, 4.69) is 17.0 Å². The summed E-state index contributed by atoms with van der Waals surface area (Å²) in [6.07, 6.45) is 1.46. The van der Waals surface area contributed by atoms with Crippen LogP contribution in [0.25, 0.3) is 15.9 Å². The van der Waals surface area contributed by atoms with E-state index in [0.29, 0.717) is 16.2 Å². The lowest BCUT2D eigenvalue weighted by atomic mass is 10.3. The molecule has 0 saturated heterocycles. The van der Waals surface area contributed by atoms with E-state index < -0.39 is 24.5 Å². The topological polar surface area (TPSA) is 102 Å². The average Bonchev–Trinajstić information content (AvgIpc) is 3.26. The molecule has 29 heavy (non-hydrogen) atoms. The Morgan fingerprint density at radius 3 is 2.72 bits per heavy atom. The number of aryl methyl sites for hydroxylation is 1. The minimum absolute atomic E-state index is 0.200. The lowest BCUT2D eigenvalue weighted by Gasteiger charge is -2.05. The number of carbonyl (C=O) groups excluding carboxylic acids is 3. The largest absolute Gasteiger partial charge is 0.451 e. The Hall–Kier alpha value is -3.53. The van der Waals surface area contributed by atoms with Gasteiger partial charge in [-0.2, -0.15) is 5.10 Å². The summed E-state index contributed by atoms with van der Waals surface area (Å²) in [7, 11) is 0. The van der Waals surface area contributed by atoms with E-state index in [4.69, 9.17) is 4.74 Å². The summed E-state index contributed by atoms with van der Waals surface area (Å²) in [5.74, 6) is -1.81. The molecule has 0 spiro atoms. The summed E-state index contributed by atoms with van der Waals surface area (Å²) in [6, 6.07) is 6.74. The molecule has 3 rings (SSSR count). The third-order valence-electron chi connectivity index (χ3n) is 3.81. The maximum atomic E-state index is 13.2. The highest BCUT2D eigenvalue weighted by molar-refractivity contribution is 7.20. The van der Waals surface area contributed by atoms with Crippen LogP contribution in [0.2, 0.25) is 0 Å². The quantitative estimate of drug-likeness (QED) is 0.475. The molecule has 0 fully saturated rings. The van der Waals surface area contributed by atoms with Gasteiger partial charge in [0, 0.05) is 11.9 Å². The van der Waals surface area contributed by atoms with E-state index in [1.807, 2.05) is 5.32 Å². The number of thiophene rings is 1. The van der Waals surface area contributed by atoms with Crippen molar-refractivity contribution in [2.75, 3.05) is 13.2 Å². The number of rotatable bonds is 6. The highest BCUT2D eigenvalue weighted by Crippen LogP contribution is 2.30. The Morgan fingerprint density at radius 1 is 1.31 bits per heavy atom. The van der Waals surface area contributed by atoms with Gasteiger partial charge in [-0.05, 0) is 37.3 Å². The standard InChI is InChI=1S/C19H17FN4O4S/c1-3-8-21-19(27)22-16(25)10-28-18(26)15-9-14-11(2)23-24(17(14)29-15)13-6-4-12(20)5-7-13/h3-7,9H,1,8,10H2,2H3,(H2,21,22,25,27). The molecule has 2 N–H and O–H groups in total. The smallest absolute Gasteiger partial charge is 0.348 e. The summed E-state index contributed by atoms with van der Waals surface area (Å²) >= 11 is 1.14. The Balaban J connectivity index is 1.70. The van der Waals surface area contributed by atoms with Crippen molar-refractivity contribution in [2.24, 2.45) is 0 Å². The molecule has 0 aliphatic carbocycles. The van der Waals surface area contributed by atoms with Crippen molar-refractivity contribution < 1.29 is 23.5 Å². The molecule has 0 unspecified atom stereocenters. The Kier molecular flexibility index (Phi) is 6.03. The van der Waals surface area contributed by atoms with Gasteiger partial charge < -0.3 is 10.1 Å². The van der Waals surface area contributed by atoms with Gasteiger partial charge in [-0.3, -0.25) is 10.1 Å². The van der Waals surface area contributed by atoms with Crippen LogP contribution in [0.5, 0.6) is 0 Å². The second kappa shape index (κ2) is 8.65. The first-order chi connectivity index (χ1) is 13.9. The zero-order valence-corrected chi connectivity index (χ0v) is 16.2. The number of esters is 1. The monoisotopic (exact) mass is 416 g/mol. The number of imide groups is 1. The number of nitrogens with zero attached hydrogens (tertiary/aromatic N) is 2. The minimum Gasteiger partial charge on any atom is -0.451 e. The molecule has 0 saturated carbocycles. The molecule has 0 aliphatic heterocycles. The van der Waals surface area contributed by atoms with E-state index in [1.165, 1.54) is 18.2 Å². The third kappa shape index (κ3) is 4.66. The number of urea groups is 1. The normalized spacial score (nSPS) is 10.6. The Morgan fingerprint density at radius 2 is 2.03 bits per heavy atom. The third-order valence-corrected chi connectivity index (χ3v) is 4.90. The molecule has 3 amide bonds. The maximum absolute atomic E-state index is 13.2. The van der Waals surface area contributed by atoms with Crippen LogP contribution in [-0.4, -0.2) is 40.8 Å². The lowest BCUT2D eigenvalue weighted by molar-refractivity contribution is -0.123. The Bertz CT molecular complexity index is 1090. The number of hydrogen-bond donors (Lipinski definition) is 2. The van der Waals surface area contributed by atoms with Crippen LogP contribution >= 0.6 is 11.3 Å². The molecule has 1 aromatic carbocycles. The molecule has 3 aromatic rings. The van der Waals surface area contributed by atoms with Crippen molar-refractivity contribution in [1.29, 1.82) is 0 Å². The van der Waals surface area contributed by atoms with Crippen LogP contribution < -0.4 is 10.6 Å². The van der Waals surface area contributed by atoms with Gasteiger partial charge in [-0.1, -0.05) is 6.08 Å². The van der Waals surface area contributed by atoms with Crippen molar-refractivity contribution >= 4 is 39.5 Å². The van der Waals surface area contributed by atoms with Gasteiger partial charge in [-0.25, -0.2) is 18.7 Å². The van der Waals surface area contributed by atoms with Gasteiger partial charge in [0.2, 0.25) is 0 Å². The first-order valence-electron chi connectivity index (χ1n) is 8.50. The second-order valence-electron chi connectivity index (χ2n) is 5.93. The molecule has 0 radical (unpaired) electrons. The molecule has 0 atom stereocenters. The van der Waals surface area contributed by atoms with Gasteiger partial charge in [0.1, 0.15) is 15.5 Å². The summed E-state index contributed by atoms with van der Waals surface area (Å²) in [4.78, 5) is 36.3. The lowest BCUT2D eigenvalue weighted by Crippen LogP contribution is -2.41. The number of hydrogen-bond acceptors (Lipinski definition) is 6. The van der Waals surface area contributed by atoms with Crippen LogP contribution in [0.15, 0.2) is 43.0 Å². The van der Waals surface area contributed by atoms with E-state index in [1.54, 1.807) is 29.8 Å². The van der Waals surface area contributed by atoms with Crippen molar-refractivity contribution in [3.8, 4) is 5.69 Å². The van der Waals surface area contributed by atoms with E-state index >= 15 is 0 Å². The highest BCUT2D eigenvalue weighted by Gasteiger charge is 2.19. The molecule has 0 bridgehead atoms. The predicted octanol–water partition coefficient (Wildman–Crippen LogP) is 2.70. The van der Waals surface area contributed by atoms with Crippen molar-refractivity contribution in [2.45, 2.75) is 6.92 Å². The molecular formula is C19H17FN4O4S. The van der Waals surface area contributed by atoms with Crippen LogP contribution in [0.4, 0.5) is 9.18 Å². The number of aromatic nitrogens is 2. The van der Waals surface area contributed by atoms with Crippen molar-refractivity contribution in [3.05, 3.63) is 59.4 Å². The van der Waals surface area contributed by atoms with Crippen LogP contribution in [0.3, 0.4) is 0 Å². The summed E-state index contributed by atoms with van der Waals surface area (Å²) in [5.41, 5.74) is 1.34. The summed E-state index contributed by atoms with van der Waals surface area (Å²) in [6.45, 7) is 4.83. The molecule has 2 heterocycles. The highest BCUT2D eigenvalue weighted by atomic mass is 32.1. The summed E-state index contributed by atoms with van der Waals surface area (Å²) < 4.78 is 19.8.